The van der Waals surface area contributed by atoms with Gasteiger partial charge in [-0.3, -0.25) is 0 Å². The average Bonchev–Trinajstić information content (AvgIpc) is 3.33. The van der Waals surface area contributed by atoms with Crippen molar-refractivity contribution in [2.75, 3.05) is 13.7 Å². The summed E-state index contributed by atoms with van der Waals surface area (Å²) in [7, 11) is 1.65. The van der Waals surface area contributed by atoms with E-state index in [-0.39, 0.29) is 0 Å². The summed E-state index contributed by atoms with van der Waals surface area (Å²) in [5.74, 6) is 1.46. The van der Waals surface area contributed by atoms with Crippen molar-refractivity contribution in [3.05, 3.63) is 54.6 Å². The first-order valence-corrected chi connectivity index (χ1v) is 8.31. The van der Waals surface area contributed by atoms with Crippen LogP contribution in [-0.4, -0.2) is 33.2 Å². The largest absolute Gasteiger partial charge is 0.497 e. The highest BCUT2D eigenvalue weighted by Crippen LogP contribution is 2.27. The van der Waals surface area contributed by atoms with Crippen LogP contribution in [0.25, 0.3) is 22.6 Å². The Labute approximate surface area is 150 Å². The van der Waals surface area contributed by atoms with Gasteiger partial charge in [-0.1, -0.05) is 12.1 Å². The summed E-state index contributed by atoms with van der Waals surface area (Å²) < 4.78 is 18.2. The molecule has 0 amide bonds. The van der Waals surface area contributed by atoms with Crippen molar-refractivity contribution in [3.63, 3.8) is 0 Å². The first-order chi connectivity index (χ1) is 12.8. The van der Waals surface area contributed by atoms with Gasteiger partial charge in [-0.15, -0.1) is 0 Å². The highest BCUT2D eigenvalue weighted by atomic mass is 16.5. The van der Waals surface area contributed by atoms with E-state index < -0.39 is 0 Å². The van der Waals surface area contributed by atoms with Crippen LogP contribution in [0.5, 0.6) is 11.8 Å². The Bertz CT molecular complexity index is 1010. The molecule has 0 N–H and O–H groups in total. The van der Waals surface area contributed by atoms with E-state index in [0.29, 0.717) is 41.8 Å². The molecule has 7 nitrogen and oxygen atoms in total. The van der Waals surface area contributed by atoms with Crippen LogP contribution in [-0.2, 0) is 6.54 Å². The number of imidazole rings is 1. The van der Waals surface area contributed by atoms with E-state index >= 15 is 0 Å². The summed E-state index contributed by atoms with van der Waals surface area (Å²) in [6, 6.07) is 11.9. The minimum Gasteiger partial charge on any atom is -0.497 e. The standard InChI is InChI=1S/C19H18N4O3/c1-3-25-19-21-16(15-5-4-10-26-15)17-18(22-19)23(12-20-17)11-13-6-8-14(24-2)9-7-13/h4-10,12H,3,11H2,1-2H3. The molecule has 26 heavy (non-hydrogen) atoms. The van der Waals surface area contributed by atoms with Gasteiger partial charge in [0.15, 0.2) is 11.4 Å². The molecule has 3 heterocycles. The first-order valence-electron chi connectivity index (χ1n) is 8.31. The zero-order valence-electron chi connectivity index (χ0n) is 14.5. The van der Waals surface area contributed by atoms with Crippen molar-refractivity contribution in [3.8, 4) is 23.2 Å². The average molecular weight is 350 g/mol. The predicted octanol–water partition coefficient (Wildman–Crippen LogP) is 3.54. The topological polar surface area (TPSA) is 75.2 Å². The molecule has 0 fully saturated rings. The van der Waals surface area contributed by atoms with Crippen LogP contribution >= 0.6 is 0 Å². The minimum absolute atomic E-state index is 0.308. The number of nitrogens with zero attached hydrogens (tertiary/aromatic N) is 4. The van der Waals surface area contributed by atoms with Crippen molar-refractivity contribution in [2.24, 2.45) is 0 Å². The summed E-state index contributed by atoms with van der Waals surface area (Å²) in [6.07, 6.45) is 3.36. The normalized spacial score (nSPS) is 11.0. The van der Waals surface area contributed by atoms with E-state index in [2.05, 4.69) is 15.0 Å². The third kappa shape index (κ3) is 2.99. The highest BCUT2D eigenvalue weighted by molar-refractivity contribution is 5.86. The van der Waals surface area contributed by atoms with Crippen LogP contribution in [0.1, 0.15) is 12.5 Å². The van der Waals surface area contributed by atoms with Crippen LogP contribution in [0.2, 0.25) is 0 Å². The minimum atomic E-state index is 0.308. The number of rotatable bonds is 6. The fourth-order valence-corrected chi connectivity index (χ4v) is 2.75. The Kier molecular flexibility index (Phi) is 4.27. The number of benzene rings is 1. The molecule has 1 aromatic carbocycles. The molecule has 3 aromatic heterocycles. The molecular weight excluding hydrogens is 332 g/mol. The second kappa shape index (κ2) is 6.87. The zero-order valence-corrected chi connectivity index (χ0v) is 14.5. The second-order valence-corrected chi connectivity index (χ2v) is 5.66. The molecule has 0 aliphatic heterocycles. The third-order valence-corrected chi connectivity index (χ3v) is 3.98. The van der Waals surface area contributed by atoms with Crippen molar-refractivity contribution >= 4 is 11.2 Å². The molecule has 0 spiro atoms. The number of fused-ring (bicyclic) bond motifs is 1. The smallest absolute Gasteiger partial charge is 0.319 e. The molecule has 0 atom stereocenters. The van der Waals surface area contributed by atoms with E-state index in [1.165, 1.54) is 0 Å². The summed E-state index contributed by atoms with van der Waals surface area (Å²) in [5, 5.41) is 0. The highest BCUT2D eigenvalue weighted by Gasteiger charge is 2.17. The first kappa shape index (κ1) is 16.1. The van der Waals surface area contributed by atoms with Crippen LogP contribution in [0.4, 0.5) is 0 Å². The lowest BCUT2D eigenvalue weighted by atomic mass is 10.2. The molecule has 0 unspecified atom stereocenters. The van der Waals surface area contributed by atoms with Crippen LogP contribution in [0, 0.1) is 0 Å². The van der Waals surface area contributed by atoms with Crippen molar-refractivity contribution < 1.29 is 13.9 Å². The van der Waals surface area contributed by atoms with Gasteiger partial charge in [-0.25, -0.2) is 4.98 Å². The van der Waals surface area contributed by atoms with Crippen LogP contribution < -0.4 is 9.47 Å². The maximum atomic E-state index is 5.54. The Morgan fingerprint density at radius 3 is 2.65 bits per heavy atom. The Morgan fingerprint density at radius 2 is 1.96 bits per heavy atom. The molecule has 132 valence electrons. The molecule has 4 rings (SSSR count). The second-order valence-electron chi connectivity index (χ2n) is 5.66. The van der Waals surface area contributed by atoms with E-state index in [9.17, 15) is 0 Å². The molecule has 0 saturated carbocycles. The van der Waals surface area contributed by atoms with E-state index in [0.717, 1.165) is 11.3 Å². The predicted molar refractivity (Wildman–Crippen MR) is 96.3 cm³/mol. The number of methoxy groups -OCH3 is 1. The quantitative estimate of drug-likeness (QED) is 0.529. The Morgan fingerprint density at radius 1 is 1.12 bits per heavy atom. The maximum Gasteiger partial charge on any atom is 0.319 e. The summed E-state index contributed by atoms with van der Waals surface area (Å²) in [6.45, 7) is 3.01. The van der Waals surface area contributed by atoms with Gasteiger partial charge in [-0.2, -0.15) is 9.97 Å². The molecule has 7 heteroatoms. The number of ether oxygens (including phenoxy) is 2. The van der Waals surface area contributed by atoms with Crippen molar-refractivity contribution in [1.82, 2.24) is 19.5 Å². The van der Waals surface area contributed by atoms with Gasteiger partial charge < -0.3 is 18.5 Å². The van der Waals surface area contributed by atoms with E-state index in [4.69, 9.17) is 13.9 Å². The van der Waals surface area contributed by atoms with Gasteiger partial charge in [0.1, 0.15) is 17.0 Å². The number of furan rings is 1. The lowest BCUT2D eigenvalue weighted by Crippen LogP contribution is -2.03. The lowest BCUT2D eigenvalue weighted by Gasteiger charge is -2.08. The molecule has 0 saturated heterocycles. The SMILES string of the molecule is CCOc1nc(-c2ccco2)c2ncn(Cc3ccc(OC)cc3)c2n1. The fourth-order valence-electron chi connectivity index (χ4n) is 2.75. The van der Waals surface area contributed by atoms with Gasteiger partial charge >= 0.3 is 6.01 Å². The summed E-state index contributed by atoms with van der Waals surface area (Å²) in [5.41, 5.74) is 3.11. The third-order valence-electron chi connectivity index (χ3n) is 3.98. The number of hydrogen-bond donors (Lipinski definition) is 0. The Hall–Kier alpha value is -3.35. The molecule has 0 radical (unpaired) electrons. The molecule has 0 aliphatic carbocycles. The van der Waals surface area contributed by atoms with Gasteiger partial charge in [0, 0.05) is 0 Å². The van der Waals surface area contributed by atoms with Crippen molar-refractivity contribution in [2.45, 2.75) is 13.5 Å². The summed E-state index contributed by atoms with van der Waals surface area (Å²) in [4.78, 5) is 13.5. The number of hydrogen-bond acceptors (Lipinski definition) is 6. The molecule has 4 aromatic rings. The van der Waals surface area contributed by atoms with Crippen molar-refractivity contribution in [1.29, 1.82) is 0 Å². The van der Waals surface area contributed by atoms with Gasteiger partial charge in [0.05, 0.1) is 32.9 Å². The number of aromatic nitrogens is 4. The van der Waals surface area contributed by atoms with E-state index in [1.54, 1.807) is 19.7 Å². The molecular formula is C19H18N4O3. The molecule has 0 bridgehead atoms. The zero-order chi connectivity index (χ0) is 17.9. The fraction of sp³-hybridized carbons (Fsp3) is 0.211. The van der Waals surface area contributed by atoms with Crippen LogP contribution in [0.3, 0.4) is 0 Å². The monoisotopic (exact) mass is 350 g/mol. The van der Waals surface area contributed by atoms with Crippen LogP contribution in [0.15, 0.2) is 53.4 Å². The lowest BCUT2D eigenvalue weighted by molar-refractivity contribution is 0.313. The van der Waals surface area contributed by atoms with Gasteiger partial charge in [-0.05, 0) is 36.8 Å². The Balaban J connectivity index is 1.78. The van der Waals surface area contributed by atoms with Gasteiger partial charge in [0.25, 0.3) is 0 Å². The molecule has 0 aliphatic rings. The maximum absolute atomic E-state index is 5.54. The van der Waals surface area contributed by atoms with Gasteiger partial charge in [0.2, 0.25) is 0 Å². The van der Waals surface area contributed by atoms with E-state index in [1.807, 2.05) is 47.9 Å². The summed E-state index contributed by atoms with van der Waals surface area (Å²) >= 11 is 0.